The molecule has 0 bridgehead atoms. The van der Waals surface area contributed by atoms with Crippen molar-refractivity contribution in [2.24, 2.45) is 5.92 Å². The number of anilines is 1. The maximum atomic E-state index is 13.2. The summed E-state index contributed by atoms with van der Waals surface area (Å²) in [6.45, 7) is -0.305. The number of thiazole rings is 1. The topological polar surface area (TPSA) is 116 Å². The van der Waals surface area contributed by atoms with E-state index in [-0.39, 0.29) is 11.4 Å². The Bertz CT molecular complexity index is 1430. The Morgan fingerprint density at radius 2 is 1.78 bits per heavy atom. The van der Waals surface area contributed by atoms with Gasteiger partial charge in [0.15, 0.2) is 11.5 Å². The number of carbonyl (C=O) groups excluding carboxylic acids is 3. The molecule has 1 saturated heterocycles. The Balaban J connectivity index is 1.55. The second kappa shape index (κ2) is 9.43. The van der Waals surface area contributed by atoms with Crippen molar-refractivity contribution in [3.8, 4) is 11.5 Å². The van der Waals surface area contributed by atoms with Crippen LogP contribution in [0, 0.1) is 11.7 Å². The van der Waals surface area contributed by atoms with Crippen LogP contribution in [0.5, 0.6) is 11.5 Å². The minimum Gasteiger partial charge on any atom is -0.493 e. The molecule has 1 fully saturated rings. The predicted molar refractivity (Wildman–Crippen MR) is 131 cm³/mol. The van der Waals surface area contributed by atoms with Crippen LogP contribution in [0.15, 0.2) is 52.3 Å². The third-order valence-corrected chi connectivity index (χ3v) is 8.70. The van der Waals surface area contributed by atoms with Gasteiger partial charge in [-0.15, -0.1) is 0 Å². The number of ether oxygens (including phenoxy) is 2. The molecule has 2 aromatic carbocycles. The molecular formula is C24H20FN3O6S2. The predicted octanol–water partition coefficient (Wildman–Crippen LogP) is 2.58. The Morgan fingerprint density at radius 3 is 2.47 bits per heavy atom. The van der Waals surface area contributed by atoms with Crippen molar-refractivity contribution in [2.45, 2.75) is 22.7 Å². The summed E-state index contributed by atoms with van der Waals surface area (Å²) < 4.78 is 25.2. The summed E-state index contributed by atoms with van der Waals surface area (Å²) >= 11 is 2.05. The zero-order chi connectivity index (χ0) is 25.6. The first-order valence-electron chi connectivity index (χ1n) is 10.8. The van der Waals surface area contributed by atoms with Gasteiger partial charge in [-0.3, -0.25) is 29.1 Å². The molecule has 36 heavy (non-hydrogen) atoms. The van der Waals surface area contributed by atoms with Crippen molar-refractivity contribution in [1.82, 2.24) is 9.88 Å². The molecule has 186 valence electrons. The van der Waals surface area contributed by atoms with Gasteiger partial charge in [0.25, 0.3) is 0 Å². The lowest BCUT2D eigenvalue weighted by Crippen LogP contribution is -2.32. The normalized spacial score (nSPS) is 20.4. The van der Waals surface area contributed by atoms with E-state index in [4.69, 9.17) is 9.47 Å². The van der Waals surface area contributed by atoms with Crippen LogP contribution < -0.4 is 25.0 Å². The average molecular weight is 530 g/mol. The first-order valence-corrected chi connectivity index (χ1v) is 12.5. The highest BCUT2D eigenvalue weighted by molar-refractivity contribution is 8.00. The molecule has 0 saturated carbocycles. The number of methoxy groups -OCH3 is 2. The number of aromatic nitrogens is 1. The van der Waals surface area contributed by atoms with Crippen molar-refractivity contribution in [1.29, 1.82) is 0 Å². The molecule has 5 rings (SSSR count). The molecule has 2 aliphatic heterocycles. The summed E-state index contributed by atoms with van der Waals surface area (Å²) in [6, 6.07) is 10.5. The highest BCUT2D eigenvalue weighted by Crippen LogP contribution is 2.52. The molecule has 3 atom stereocenters. The van der Waals surface area contributed by atoms with E-state index in [0.717, 1.165) is 23.1 Å². The van der Waals surface area contributed by atoms with Crippen molar-refractivity contribution in [3.63, 3.8) is 0 Å². The summed E-state index contributed by atoms with van der Waals surface area (Å²) in [5.41, 5.74) is 1.06. The van der Waals surface area contributed by atoms with Gasteiger partial charge in [0.2, 0.25) is 17.7 Å². The number of amides is 3. The van der Waals surface area contributed by atoms with Gasteiger partial charge in [-0.05, 0) is 42.0 Å². The summed E-state index contributed by atoms with van der Waals surface area (Å²) in [6.07, 6.45) is 0. The number of hydrogen-bond donors (Lipinski definition) is 2. The Labute approximate surface area is 212 Å². The lowest BCUT2D eigenvalue weighted by molar-refractivity contribution is -0.126. The standard InChI is InChI=1S/C24H20FN3O6S2/c1-33-14-8-3-11(9-15(14)34-2)17-18-19(22(31)27-21(18)30)35-23-20(17)36-24(32)28(23)10-16(29)26-13-6-4-12(25)5-7-13/h3-9,17-19H,10H2,1-2H3,(H,26,29)(H,27,30,31)/t17-,18?,19?/m0/s1. The number of nitrogens with one attached hydrogen (secondary N) is 2. The van der Waals surface area contributed by atoms with E-state index in [1.165, 1.54) is 43.1 Å². The second-order valence-corrected chi connectivity index (χ2v) is 10.3. The average Bonchev–Trinajstić information content (AvgIpc) is 3.33. The molecular weight excluding hydrogens is 509 g/mol. The van der Waals surface area contributed by atoms with Gasteiger partial charge in [-0.2, -0.15) is 0 Å². The first-order chi connectivity index (χ1) is 17.3. The van der Waals surface area contributed by atoms with Crippen LogP contribution in [0.2, 0.25) is 0 Å². The van der Waals surface area contributed by atoms with Crippen LogP contribution in [0.3, 0.4) is 0 Å². The zero-order valence-electron chi connectivity index (χ0n) is 19.1. The number of halogens is 1. The van der Waals surface area contributed by atoms with E-state index in [2.05, 4.69) is 10.6 Å². The molecule has 3 amide bonds. The smallest absolute Gasteiger partial charge is 0.308 e. The fraction of sp³-hybridized carbons (Fsp3) is 0.250. The minimum atomic E-state index is -0.761. The fourth-order valence-corrected chi connectivity index (χ4v) is 7.20. The molecule has 12 heteroatoms. The van der Waals surface area contributed by atoms with Gasteiger partial charge in [0.1, 0.15) is 17.6 Å². The van der Waals surface area contributed by atoms with Gasteiger partial charge in [0.05, 0.1) is 25.2 Å². The molecule has 2 aliphatic rings. The van der Waals surface area contributed by atoms with Crippen LogP contribution in [0.1, 0.15) is 16.4 Å². The third kappa shape index (κ3) is 4.16. The van der Waals surface area contributed by atoms with Crippen LogP contribution in [-0.4, -0.2) is 41.8 Å². The SMILES string of the molecule is COc1ccc([C@@H]2c3sc(=O)n(CC(=O)Nc4ccc(F)cc4)c3SC3C(=O)NC(=O)C32)cc1OC. The maximum absolute atomic E-state index is 13.2. The van der Waals surface area contributed by atoms with E-state index >= 15 is 0 Å². The van der Waals surface area contributed by atoms with Crippen LogP contribution in [0.25, 0.3) is 0 Å². The van der Waals surface area contributed by atoms with Crippen LogP contribution in [0.4, 0.5) is 10.1 Å². The maximum Gasteiger partial charge on any atom is 0.308 e. The summed E-state index contributed by atoms with van der Waals surface area (Å²) in [7, 11) is 3.00. The fourth-order valence-electron chi connectivity index (χ4n) is 4.46. The van der Waals surface area contributed by atoms with E-state index < -0.39 is 40.6 Å². The Kier molecular flexibility index (Phi) is 6.31. The molecule has 2 N–H and O–H groups in total. The number of thioether (sulfide) groups is 1. The van der Waals surface area contributed by atoms with E-state index in [9.17, 15) is 23.6 Å². The van der Waals surface area contributed by atoms with Crippen molar-refractivity contribution in [2.75, 3.05) is 19.5 Å². The minimum absolute atomic E-state index is 0.305. The molecule has 3 heterocycles. The number of imide groups is 1. The molecule has 3 aromatic rings. The molecule has 0 spiro atoms. The van der Waals surface area contributed by atoms with Gasteiger partial charge in [-0.25, -0.2) is 4.39 Å². The van der Waals surface area contributed by atoms with E-state index in [0.29, 0.717) is 32.7 Å². The van der Waals surface area contributed by atoms with Crippen molar-refractivity contribution < 1.29 is 28.2 Å². The number of hydrogen-bond acceptors (Lipinski definition) is 8. The highest BCUT2D eigenvalue weighted by Gasteiger charge is 2.53. The molecule has 9 nitrogen and oxygen atoms in total. The highest BCUT2D eigenvalue weighted by atomic mass is 32.2. The summed E-state index contributed by atoms with van der Waals surface area (Å²) in [5, 5.41) is 4.74. The van der Waals surface area contributed by atoms with Crippen molar-refractivity contribution in [3.05, 3.63) is 68.4 Å². The monoisotopic (exact) mass is 529 g/mol. The molecule has 2 unspecified atom stereocenters. The Hall–Kier alpha value is -3.64. The van der Waals surface area contributed by atoms with Gasteiger partial charge in [-0.1, -0.05) is 29.2 Å². The lowest BCUT2D eigenvalue weighted by atomic mass is 9.83. The molecule has 1 aromatic heterocycles. The van der Waals surface area contributed by atoms with E-state index in [1.54, 1.807) is 18.2 Å². The number of rotatable bonds is 6. The van der Waals surface area contributed by atoms with Crippen LogP contribution in [-0.2, 0) is 20.9 Å². The number of fused-ring (bicyclic) bond motifs is 2. The zero-order valence-corrected chi connectivity index (χ0v) is 20.7. The number of carbonyl (C=O) groups is 3. The van der Waals surface area contributed by atoms with Crippen LogP contribution >= 0.6 is 23.1 Å². The second-order valence-electron chi connectivity index (χ2n) is 8.19. The molecule has 0 radical (unpaired) electrons. The quantitative estimate of drug-likeness (QED) is 0.472. The van der Waals surface area contributed by atoms with E-state index in [1.807, 2.05) is 0 Å². The lowest BCUT2D eigenvalue weighted by Gasteiger charge is -2.31. The van der Waals surface area contributed by atoms with Gasteiger partial charge in [0, 0.05) is 16.5 Å². The van der Waals surface area contributed by atoms with Gasteiger partial charge < -0.3 is 14.8 Å². The van der Waals surface area contributed by atoms with Gasteiger partial charge >= 0.3 is 4.87 Å². The summed E-state index contributed by atoms with van der Waals surface area (Å²) in [4.78, 5) is 51.4. The molecule has 0 aliphatic carbocycles. The number of nitrogens with zero attached hydrogens (tertiary/aromatic N) is 1. The first kappa shape index (κ1) is 24.1. The van der Waals surface area contributed by atoms with Crippen molar-refractivity contribution >= 4 is 46.5 Å². The Morgan fingerprint density at radius 1 is 1.06 bits per heavy atom. The largest absolute Gasteiger partial charge is 0.493 e. The number of benzene rings is 2. The third-order valence-electron chi connectivity index (χ3n) is 6.08. The summed E-state index contributed by atoms with van der Waals surface area (Å²) in [5.74, 6) is -2.16.